The van der Waals surface area contributed by atoms with Gasteiger partial charge in [0.05, 0.1) is 21.7 Å². The fourth-order valence-electron chi connectivity index (χ4n) is 3.78. The summed E-state index contributed by atoms with van der Waals surface area (Å²) in [4.78, 5) is 30.0. The second-order valence-corrected chi connectivity index (χ2v) is 10.8. The van der Waals surface area contributed by atoms with E-state index in [1.165, 1.54) is 39.9 Å². The Hall–Kier alpha value is -2.53. The molecule has 0 saturated carbocycles. The third kappa shape index (κ3) is 4.89. The van der Waals surface area contributed by atoms with Gasteiger partial charge in [-0.2, -0.15) is 9.30 Å². The summed E-state index contributed by atoms with van der Waals surface area (Å²) < 4.78 is 35.1. The van der Waals surface area contributed by atoms with Crippen molar-refractivity contribution < 1.29 is 22.7 Å². The first-order valence-electron chi connectivity index (χ1n) is 10.4. The molecule has 11 heteroatoms. The molecule has 0 radical (unpaired) electrons. The molecule has 1 unspecified atom stereocenters. The minimum absolute atomic E-state index is 0.0748. The maximum Gasteiger partial charge on any atom is 0.326 e. The van der Waals surface area contributed by atoms with Crippen LogP contribution in [0.25, 0.3) is 10.2 Å². The molecule has 1 amide bonds. The lowest BCUT2D eigenvalue weighted by atomic mass is 10.2. The summed E-state index contributed by atoms with van der Waals surface area (Å²) in [5, 5.41) is 0.425. The van der Waals surface area contributed by atoms with Crippen molar-refractivity contribution >= 4 is 55.1 Å². The quantitative estimate of drug-likeness (QED) is 0.477. The molecule has 3 aromatic rings. The molecular weight excluding hydrogens is 486 g/mol. The smallest absolute Gasteiger partial charge is 0.326 e. The number of sulfonamides is 1. The number of benzene rings is 2. The SMILES string of the molecule is CCOC(=O)Cn1c(=NC(=O)C2CCCN2S(=O)(=O)c2ccc(Cl)cc2)sc2ccccc21. The van der Waals surface area contributed by atoms with Crippen LogP contribution < -0.4 is 4.80 Å². The molecule has 4 rings (SSSR count). The van der Waals surface area contributed by atoms with Crippen molar-refractivity contribution in [2.24, 2.45) is 4.99 Å². The minimum Gasteiger partial charge on any atom is -0.465 e. The number of esters is 1. The number of amides is 1. The molecule has 1 saturated heterocycles. The predicted molar refractivity (Wildman–Crippen MR) is 125 cm³/mol. The number of aromatic nitrogens is 1. The van der Waals surface area contributed by atoms with E-state index in [9.17, 15) is 18.0 Å². The van der Waals surface area contributed by atoms with E-state index in [1.807, 2.05) is 24.3 Å². The molecule has 1 fully saturated rings. The average molecular weight is 508 g/mol. The van der Waals surface area contributed by atoms with Crippen molar-refractivity contribution in [2.75, 3.05) is 13.2 Å². The van der Waals surface area contributed by atoms with Crippen LogP contribution in [0.4, 0.5) is 0 Å². The Morgan fingerprint density at radius 1 is 1.18 bits per heavy atom. The van der Waals surface area contributed by atoms with E-state index in [2.05, 4.69) is 4.99 Å². The molecule has 2 heterocycles. The Bertz CT molecular complexity index is 1360. The van der Waals surface area contributed by atoms with Crippen LogP contribution in [0, 0.1) is 0 Å². The monoisotopic (exact) mass is 507 g/mol. The van der Waals surface area contributed by atoms with Gasteiger partial charge in [-0.25, -0.2) is 8.42 Å². The van der Waals surface area contributed by atoms with Crippen LogP contribution in [0.15, 0.2) is 58.4 Å². The van der Waals surface area contributed by atoms with Gasteiger partial charge in [-0.05, 0) is 56.2 Å². The average Bonchev–Trinajstić information content (AvgIpc) is 3.41. The summed E-state index contributed by atoms with van der Waals surface area (Å²) in [5.41, 5.74) is 0.749. The van der Waals surface area contributed by atoms with Crippen molar-refractivity contribution in [2.45, 2.75) is 37.2 Å². The molecule has 0 N–H and O–H groups in total. The van der Waals surface area contributed by atoms with Crippen LogP contribution >= 0.6 is 22.9 Å². The lowest BCUT2D eigenvalue weighted by Crippen LogP contribution is -2.40. The molecule has 8 nitrogen and oxygen atoms in total. The van der Waals surface area contributed by atoms with Gasteiger partial charge in [-0.3, -0.25) is 9.59 Å². The third-order valence-corrected chi connectivity index (χ3v) is 8.53. The molecule has 0 bridgehead atoms. The van der Waals surface area contributed by atoms with Gasteiger partial charge in [0.25, 0.3) is 5.91 Å². The number of ether oxygens (including phenoxy) is 1. The summed E-state index contributed by atoms with van der Waals surface area (Å²) in [6, 6.07) is 12.3. The van der Waals surface area contributed by atoms with Crippen LogP contribution in [0.5, 0.6) is 0 Å². The Labute approximate surface area is 200 Å². The highest BCUT2D eigenvalue weighted by molar-refractivity contribution is 7.89. The van der Waals surface area contributed by atoms with Gasteiger partial charge in [-0.15, -0.1) is 0 Å². The zero-order valence-corrected chi connectivity index (χ0v) is 20.2. The number of hydrogen-bond acceptors (Lipinski definition) is 6. The second kappa shape index (κ2) is 9.76. The minimum atomic E-state index is -3.89. The number of nitrogens with zero attached hydrogens (tertiary/aromatic N) is 3. The summed E-state index contributed by atoms with van der Waals surface area (Å²) >= 11 is 7.15. The largest absolute Gasteiger partial charge is 0.465 e. The first-order valence-corrected chi connectivity index (χ1v) is 13.0. The van der Waals surface area contributed by atoms with Crippen LogP contribution in [0.2, 0.25) is 5.02 Å². The molecule has 0 aliphatic carbocycles. The van der Waals surface area contributed by atoms with Crippen LogP contribution in [0.3, 0.4) is 0 Å². The molecule has 0 spiro atoms. The maximum atomic E-state index is 13.2. The number of thiazole rings is 1. The van der Waals surface area contributed by atoms with Crippen molar-refractivity contribution in [1.29, 1.82) is 0 Å². The Morgan fingerprint density at radius 2 is 1.91 bits per heavy atom. The number of carbonyl (C=O) groups is 2. The summed E-state index contributed by atoms with van der Waals surface area (Å²) in [5.74, 6) is -1.00. The number of para-hydroxylation sites is 1. The topological polar surface area (TPSA) is 98.0 Å². The van der Waals surface area contributed by atoms with Crippen molar-refractivity contribution in [3.05, 3.63) is 58.4 Å². The lowest BCUT2D eigenvalue weighted by molar-refractivity contribution is -0.143. The van der Waals surface area contributed by atoms with Gasteiger partial charge in [0, 0.05) is 11.6 Å². The first-order chi connectivity index (χ1) is 15.8. The van der Waals surface area contributed by atoms with Gasteiger partial charge in [0.15, 0.2) is 4.80 Å². The summed E-state index contributed by atoms with van der Waals surface area (Å²) in [6.07, 6.45) is 0.923. The van der Waals surface area contributed by atoms with Gasteiger partial charge < -0.3 is 9.30 Å². The highest BCUT2D eigenvalue weighted by Crippen LogP contribution is 2.27. The highest BCUT2D eigenvalue weighted by Gasteiger charge is 2.39. The van der Waals surface area contributed by atoms with E-state index in [0.29, 0.717) is 22.7 Å². The predicted octanol–water partition coefficient (Wildman–Crippen LogP) is 3.20. The van der Waals surface area contributed by atoms with Crippen LogP contribution in [0.1, 0.15) is 19.8 Å². The van der Waals surface area contributed by atoms with Crippen molar-refractivity contribution in [1.82, 2.24) is 8.87 Å². The molecule has 1 atom stereocenters. The molecule has 33 heavy (non-hydrogen) atoms. The molecule has 1 aromatic heterocycles. The summed E-state index contributed by atoms with van der Waals surface area (Å²) in [7, 11) is -3.89. The number of carbonyl (C=O) groups excluding carboxylic acids is 2. The van der Waals surface area contributed by atoms with E-state index >= 15 is 0 Å². The number of hydrogen-bond donors (Lipinski definition) is 0. The lowest BCUT2D eigenvalue weighted by Gasteiger charge is -2.21. The van der Waals surface area contributed by atoms with Gasteiger partial charge >= 0.3 is 5.97 Å². The second-order valence-electron chi connectivity index (χ2n) is 7.42. The Morgan fingerprint density at radius 3 is 2.64 bits per heavy atom. The summed E-state index contributed by atoms with van der Waals surface area (Å²) in [6.45, 7) is 2.10. The van der Waals surface area contributed by atoms with E-state index in [1.54, 1.807) is 11.5 Å². The van der Waals surface area contributed by atoms with Crippen LogP contribution in [-0.4, -0.2) is 48.4 Å². The number of rotatable bonds is 6. The molecule has 2 aromatic carbocycles. The van der Waals surface area contributed by atoms with E-state index < -0.39 is 27.9 Å². The van der Waals surface area contributed by atoms with Gasteiger partial charge in [-0.1, -0.05) is 35.1 Å². The Kier molecular flexibility index (Phi) is 6.99. The fourth-order valence-corrected chi connectivity index (χ4v) is 6.59. The van der Waals surface area contributed by atoms with Gasteiger partial charge in [0.1, 0.15) is 12.6 Å². The molecule has 174 valence electrons. The maximum absolute atomic E-state index is 13.2. The zero-order chi connectivity index (χ0) is 23.6. The highest BCUT2D eigenvalue weighted by atomic mass is 35.5. The number of halogens is 1. The third-order valence-electron chi connectivity index (χ3n) is 5.30. The van der Waals surface area contributed by atoms with Gasteiger partial charge in [0.2, 0.25) is 10.0 Å². The standard InChI is InChI=1S/C22H22ClN3O5S2/c1-2-31-20(27)14-25-17-6-3-4-8-19(17)32-22(25)24-21(28)18-7-5-13-26(18)33(29,30)16-11-9-15(23)10-12-16/h3-4,6,8-12,18H,2,5,7,13-14H2,1H3. The van der Waals surface area contributed by atoms with E-state index in [-0.39, 0.29) is 24.6 Å². The molecular formula is C22H22ClN3O5S2. The van der Waals surface area contributed by atoms with E-state index in [0.717, 1.165) is 10.2 Å². The van der Waals surface area contributed by atoms with E-state index in [4.69, 9.17) is 16.3 Å². The van der Waals surface area contributed by atoms with Crippen LogP contribution in [-0.2, 0) is 30.9 Å². The normalized spacial score (nSPS) is 17.5. The first kappa shape index (κ1) is 23.6. The van der Waals surface area contributed by atoms with Crippen molar-refractivity contribution in [3.8, 4) is 0 Å². The molecule has 1 aliphatic heterocycles. The van der Waals surface area contributed by atoms with Crippen molar-refractivity contribution in [3.63, 3.8) is 0 Å². The number of fused-ring (bicyclic) bond motifs is 1. The Balaban J connectivity index is 1.70. The fraction of sp³-hybridized carbons (Fsp3) is 0.318. The molecule has 1 aliphatic rings. The zero-order valence-electron chi connectivity index (χ0n) is 17.8.